The Labute approximate surface area is 196 Å². The van der Waals surface area contributed by atoms with Gasteiger partial charge in [0.25, 0.3) is 11.8 Å². The first-order valence-corrected chi connectivity index (χ1v) is 11.4. The van der Waals surface area contributed by atoms with Gasteiger partial charge in [-0.15, -0.1) is 0 Å². The maximum Gasteiger partial charge on any atom is 0.259 e. The Kier molecular flexibility index (Phi) is 5.72. The number of carbonyl (C=O) groups excluding carboxylic acids is 2. The Morgan fingerprint density at radius 3 is 2.29 bits per heavy atom. The topological polar surface area (TPSA) is 79.6 Å². The molecular formula is C28H24N2O4. The minimum Gasteiger partial charge on any atom is -0.455 e. The molecule has 1 aromatic heterocycles. The number of nitrogens with one attached hydrogen (secondary N) is 1. The molecule has 6 nitrogen and oxygen atoms in total. The van der Waals surface area contributed by atoms with E-state index in [-0.39, 0.29) is 22.5 Å². The van der Waals surface area contributed by atoms with Crippen LogP contribution in [0.4, 0.5) is 5.69 Å². The monoisotopic (exact) mass is 452 g/mol. The fraction of sp³-hybridized carbons (Fsp3) is 0.179. The number of likely N-dealkylation sites (tertiary alicyclic amines) is 1. The SMILES string of the molecule is Cc1c(-c2ccccc2)oc2c(C(=O)Nc3ccc(C(=O)N4CCCC4)cc3)cccc2c1=O. The Hall–Kier alpha value is -4.19. The molecule has 34 heavy (non-hydrogen) atoms. The van der Waals surface area contributed by atoms with Gasteiger partial charge < -0.3 is 14.6 Å². The van der Waals surface area contributed by atoms with Crippen molar-refractivity contribution in [2.75, 3.05) is 18.4 Å². The lowest BCUT2D eigenvalue weighted by atomic mass is 10.0. The molecule has 0 aliphatic carbocycles. The maximum atomic E-state index is 13.2. The molecule has 0 unspecified atom stereocenters. The summed E-state index contributed by atoms with van der Waals surface area (Å²) in [7, 11) is 0. The van der Waals surface area contributed by atoms with Gasteiger partial charge in [0.05, 0.1) is 10.9 Å². The summed E-state index contributed by atoms with van der Waals surface area (Å²) < 4.78 is 6.15. The lowest BCUT2D eigenvalue weighted by molar-refractivity contribution is 0.0792. The van der Waals surface area contributed by atoms with Crippen molar-refractivity contribution in [3.05, 3.63) is 99.7 Å². The van der Waals surface area contributed by atoms with Crippen molar-refractivity contribution in [1.82, 2.24) is 4.90 Å². The molecule has 2 heterocycles. The van der Waals surface area contributed by atoms with Crippen LogP contribution in [-0.2, 0) is 0 Å². The van der Waals surface area contributed by atoms with Crippen molar-refractivity contribution in [3.8, 4) is 11.3 Å². The van der Waals surface area contributed by atoms with Gasteiger partial charge in [-0.25, -0.2) is 0 Å². The van der Waals surface area contributed by atoms with E-state index in [0.717, 1.165) is 31.5 Å². The molecule has 1 fully saturated rings. The van der Waals surface area contributed by atoms with Crippen molar-refractivity contribution in [1.29, 1.82) is 0 Å². The first-order valence-electron chi connectivity index (χ1n) is 11.4. The molecule has 3 aromatic carbocycles. The highest BCUT2D eigenvalue weighted by molar-refractivity contribution is 6.11. The minimum atomic E-state index is -0.393. The summed E-state index contributed by atoms with van der Waals surface area (Å²) in [6, 6.07) is 21.2. The first-order chi connectivity index (χ1) is 16.5. The molecule has 1 aliphatic heterocycles. The Morgan fingerprint density at radius 1 is 0.882 bits per heavy atom. The largest absolute Gasteiger partial charge is 0.455 e. The highest BCUT2D eigenvalue weighted by Gasteiger charge is 2.20. The van der Waals surface area contributed by atoms with E-state index in [4.69, 9.17) is 4.42 Å². The predicted molar refractivity (Wildman–Crippen MR) is 132 cm³/mol. The van der Waals surface area contributed by atoms with Crippen LogP contribution >= 0.6 is 0 Å². The van der Waals surface area contributed by atoms with Crippen LogP contribution in [0.25, 0.3) is 22.3 Å². The average Bonchev–Trinajstić information content (AvgIpc) is 3.41. The highest BCUT2D eigenvalue weighted by Crippen LogP contribution is 2.27. The molecule has 0 bridgehead atoms. The standard InChI is InChI=1S/C28H24N2O4/c1-18-24(31)22-10-7-11-23(26(22)34-25(18)19-8-3-2-4-9-19)27(32)29-21-14-12-20(13-15-21)28(33)30-16-5-6-17-30/h2-4,7-15H,5-6,16-17H2,1H3,(H,29,32). The first kappa shape index (κ1) is 21.6. The summed E-state index contributed by atoms with van der Waals surface area (Å²) in [5, 5.41) is 3.21. The number of amides is 2. The minimum absolute atomic E-state index is 0.00927. The second kappa shape index (κ2) is 8.98. The summed E-state index contributed by atoms with van der Waals surface area (Å²) in [5.74, 6) is 0.0633. The molecule has 170 valence electrons. The molecule has 4 aromatic rings. The van der Waals surface area contributed by atoms with Crippen LogP contribution in [0.15, 0.2) is 82.0 Å². The molecule has 0 spiro atoms. The number of carbonyl (C=O) groups is 2. The third-order valence-electron chi connectivity index (χ3n) is 6.21. The number of anilines is 1. The summed E-state index contributed by atoms with van der Waals surface area (Å²) in [5.41, 5.74) is 2.76. The van der Waals surface area contributed by atoms with Crippen LogP contribution in [0.1, 0.15) is 39.1 Å². The van der Waals surface area contributed by atoms with Gasteiger partial charge in [0.15, 0.2) is 11.0 Å². The van der Waals surface area contributed by atoms with Gasteiger partial charge in [0.2, 0.25) is 0 Å². The molecule has 2 amide bonds. The van der Waals surface area contributed by atoms with E-state index in [1.165, 1.54) is 0 Å². The van der Waals surface area contributed by atoms with Crippen LogP contribution in [0.2, 0.25) is 0 Å². The fourth-order valence-electron chi connectivity index (χ4n) is 4.35. The van der Waals surface area contributed by atoms with Crippen LogP contribution in [0, 0.1) is 6.92 Å². The quantitative estimate of drug-likeness (QED) is 0.458. The average molecular weight is 453 g/mol. The van der Waals surface area contributed by atoms with Crippen molar-refractivity contribution < 1.29 is 14.0 Å². The number of benzene rings is 3. The zero-order chi connectivity index (χ0) is 23.7. The van der Waals surface area contributed by atoms with Crippen LogP contribution in [0.3, 0.4) is 0 Å². The molecule has 6 heteroatoms. The molecule has 1 aliphatic rings. The maximum absolute atomic E-state index is 13.2. The molecule has 0 saturated carbocycles. The summed E-state index contributed by atoms with van der Waals surface area (Å²) in [6.45, 7) is 3.30. The van der Waals surface area contributed by atoms with Gasteiger partial charge in [-0.3, -0.25) is 14.4 Å². The number of rotatable bonds is 4. The van der Waals surface area contributed by atoms with Gasteiger partial charge in [-0.2, -0.15) is 0 Å². The normalized spacial score (nSPS) is 13.3. The van der Waals surface area contributed by atoms with Crippen LogP contribution in [-0.4, -0.2) is 29.8 Å². The van der Waals surface area contributed by atoms with Crippen LogP contribution < -0.4 is 10.7 Å². The Balaban J connectivity index is 1.46. The zero-order valence-corrected chi connectivity index (χ0v) is 18.8. The van der Waals surface area contributed by atoms with E-state index in [1.54, 1.807) is 49.4 Å². The van der Waals surface area contributed by atoms with E-state index in [0.29, 0.717) is 28.0 Å². The molecule has 0 atom stereocenters. The number of hydrogen-bond acceptors (Lipinski definition) is 4. The van der Waals surface area contributed by atoms with Gasteiger partial charge >= 0.3 is 0 Å². The summed E-state index contributed by atoms with van der Waals surface area (Å²) in [4.78, 5) is 40.6. The molecular weight excluding hydrogens is 428 g/mol. The van der Waals surface area contributed by atoms with E-state index in [1.807, 2.05) is 35.2 Å². The van der Waals surface area contributed by atoms with E-state index in [9.17, 15) is 14.4 Å². The molecule has 1 saturated heterocycles. The van der Waals surface area contributed by atoms with Crippen molar-refractivity contribution in [2.45, 2.75) is 19.8 Å². The molecule has 5 rings (SSSR count). The Bertz CT molecular complexity index is 1430. The third-order valence-corrected chi connectivity index (χ3v) is 6.21. The lowest BCUT2D eigenvalue weighted by Gasteiger charge is -2.15. The summed E-state index contributed by atoms with van der Waals surface area (Å²) in [6.07, 6.45) is 2.07. The Morgan fingerprint density at radius 2 is 1.59 bits per heavy atom. The van der Waals surface area contributed by atoms with Gasteiger partial charge in [-0.05, 0) is 56.2 Å². The second-order valence-corrected chi connectivity index (χ2v) is 8.46. The van der Waals surface area contributed by atoms with Gasteiger partial charge in [-0.1, -0.05) is 36.4 Å². The summed E-state index contributed by atoms with van der Waals surface area (Å²) >= 11 is 0. The van der Waals surface area contributed by atoms with Crippen molar-refractivity contribution >= 4 is 28.5 Å². The number of nitrogens with zero attached hydrogens (tertiary/aromatic N) is 1. The van der Waals surface area contributed by atoms with Gasteiger partial charge in [0.1, 0.15) is 5.76 Å². The number of para-hydroxylation sites is 1. The van der Waals surface area contributed by atoms with E-state index < -0.39 is 5.91 Å². The molecule has 0 radical (unpaired) electrons. The predicted octanol–water partition coefficient (Wildman–Crippen LogP) is 5.26. The lowest BCUT2D eigenvalue weighted by Crippen LogP contribution is -2.27. The second-order valence-electron chi connectivity index (χ2n) is 8.46. The zero-order valence-electron chi connectivity index (χ0n) is 18.8. The fourth-order valence-corrected chi connectivity index (χ4v) is 4.35. The van der Waals surface area contributed by atoms with Crippen LogP contribution in [0.5, 0.6) is 0 Å². The van der Waals surface area contributed by atoms with Crippen molar-refractivity contribution in [3.63, 3.8) is 0 Å². The smallest absolute Gasteiger partial charge is 0.259 e. The number of hydrogen-bond donors (Lipinski definition) is 1. The number of fused-ring (bicyclic) bond motifs is 1. The van der Waals surface area contributed by atoms with E-state index in [2.05, 4.69) is 5.32 Å². The highest BCUT2D eigenvalue weighted by atomic mass is 16.3. The molecule has 1 N–H and O–H groups in total. The van der Waals surface area contributed by atoms with Crippen molar-refractivity contribution in [2.24, 2.45) is 0 Å². The van der Waals surface area contributed by atoms with E-state index >= 15 is 0 Å². The van der Waals surface area contributed by atoms with Gasteiger partial charge in [0, 0.05) is 35.5 Å². The third kappa shape index (κ3) is 3.99.